The fraction of sp³-hybridized carbons (Fsp3) is 0.368. The van der Waals surface area contributed by atoms with Gasteiger partial charge in [0, 0.05) is 24.7 Å². The average molecular weight is 312 g/mol. The summed E-state index contributed by atoms with van der Waals surface area (Å²) in [5.74, 6) is 0.784. The molecule has 2 aromatic carbocycles. The predicted molar refractivity (Wildman–Crippen MR) is 91.9 cm³/mol. The highest BCUT2D eigenvalue weighted by Crippen LogP contribution is 2.29. The normalized spacial score (nSPS) is 16.8. The number of hydrogen-bond donors (Lipinski definition) is 3. The number of ether oxygens (including phenoxy) is 1. The van der Waals surface area contributed by atoms with Crippen molar-refractivity contribution in [3.05, 3.63) is 59.2 Å². The Kier molecular flexibility index (Phi) is 5.16. The van der Waals surface area contributed by atoms with E-state index in [2.05, 4.69) is 34.9 Å². The fourth-order valence-electron chi connectivity index (χ4n) is 3.11. The molecule has 0 spiro atoms. The Bertz CT molecular complexity index is 658. The Balaban J connectivity index is 1.61. The van der Waals surface area contributed by atoms with Gasteiger partial charge in [0.1, 0.15) is 0 Å². The Morgan fingerprint density at radius 2 is 2.09 bits per heavy atom. The van der Waals surface area contributed by atoms with Gasteiger partial charge in [-0.2, -0.15) is 0 Å². The second kappa shape index (κ2) is 7.49. The average Bonchev–Trinajstić information content (AvgIpc) is 2.58. The molecular formula is C19H24N2O2. The van der Waals surface area contributed by atoms with E-state index in [0.717, 1.165) is 25.1 Å². The van der Waals surface area contributed by atoms with E-state index in [-0.39, 0.29) is 5.75 Å². The maximum atomic E-state index is 10.2. The molecule has 4 nitrogen and oxygen atoms in total. The molecule has 0 saturated carbocycles. The molecule has 1 aliphatic heterocycles. The van der Waals surface area contributed by atoms with E-state index in [1.54, 1.807) is 6.07 Å². The van der Waals surface area contributed by atoms with E-state index in [0.29, 0.717) is 24.9 Å². The standard InChI is InChI=1S/C19H24N2O2/c1-2-23-18-9-5-7-15(19(18)22)12-20-13-17-16-8-4-3-6-14(16)10-11-21-17/h3-9,17,20-22H,2,10-13H2,1H3/t17-/m0/s1. The molecule has 0 amide bonds. The van der Waals surface area contributed by atoms with Crippen molar-refractivity contribution >= 4 is 0 Å². The smallest absolute Gasteiger partial charge is 0.162 e. The summed E-state index contributed by atoms with van der Waals surface area (Å²) in [5.41, 5.74) is 3.66. The first-order chi connectivity index (χ1) is 11.3. The summed E-state index contributed by atoms with van der Waals surface area (Å²) < 4.78 is 5.43. The van der Waals surface area contributed by atoms with Gasteiger partial charge < -0.3 is 20.5 Å². The monoisotopic (exact) mass is 312 g/mol. The highest BCUT2D eigenvalue weighted by Gasteiger charge is 2.18. The van der Waals surface area contributed by atoms with Gasteiger partial charge in [-0.25, -0.2) is 0 Å². The zero-order valence-corrected chi connectivity index (χ0v) is 13.5. The molecule has 3 rings (SSSR count). The largest absolute Gasteiger partial charge is 0.504 e. The van der Waals surface area contributed by atoms with Crippen molar-refractivity contribution in [3.63, 3.8) is 0 Å². The van der Waals surface area contributed by atoms with Crippen molar-refractivity contribution in [2.24, 2.45) is 0 Å². The van der Waals surface area contributed by atoms with Gasteiger partial charge in [-0.1, -0.05) is 36.4 Å². The number of fused-ring (bicyclic) bond motifs is 1. The van der Waals surface area contributed by atoms with Crippen molar-refractivity contribution in [1.29, 1.82) is 0 Å². The van der Waals surface area contributed by atoms with Crippen LogP contribution in [0.4, 0.5) is 0 Å². The molecule has 0 bridgehead atoms. The van der Waals surface area contributed by atoms with E-state index < -0.39 is 0 Å². The van der Waals surface area contributed by atoms with Crippen molar-refractivity contribution in [2.45, 2.75) is 25.9 Å². The minimum absolute atomic E-state index is 0.235. The molecule has 23 heavy (non-hydrogen) atoms. The summed E-state index contributed by atoms with van der Waals surface area (Å²) in [6.45, 7) is 4.92. The summed E-state index contributed by atoms with van der Waals surface area (Å²) in [5, 5.41) is 17.2. The second-order valence-electron chi connectivity index (χ2n) is 5.78. The molecule has 2 aromatic rings. The van der Waals surface area contributed by atoms with E-state index in [9.17, 15) is 5.11 Å². The summed E-state index contributed by atoms with van der Waals surface area (Å²) in [6, 6.07) is 14.5. The number of phenolic OH excluding ortho intramolecular Hbond substituents is 1. The van der Waals surface area contributed by atoms with Crippen LogP contribution in [0, 0.1) is 0 Å². The van der Waals surface area contributed by atoms with Crippen LogP contribution in [-0.4, -0.2) is 24.8 Å². The number of benzene rings is 2. The third-order valence-electron chi connectivity index (χ3n) is 4.26. The minimum atomic E-state index is 0.235. The maximum Gasteiger partial charge on any atom is 0.162 e. The molecule has 4 heteroatoms. The lowest BCUT2D eigenvalue weighted by atomic mass is 9.94. The summed E-state index contributed by atoms with van der Waals surface area (Å²) in [6.07, 6.45) is 1.09. The van der Waals surface area contributed by atoms with Gasteiger partial charge in [0.2, 0.25) is 0 Å². The molecule has 0 radical (unpaired) electrons. The molecule has 0 unspecified atom stereocenters. The fourth-order valence-corrected chi connectivity index (χ4v) is 3.11. The van der Waals surface area contributed by atoms with E-state index in [1.807, 2.05) is 19.1 Å². The lowest BCUT2D eigenvalue weighted by Gasteiger charge is -2.27. The lowest BCUT2D eigenvalue weighted by molar-refractivity contribution is 0.316. The van der Waals surface area contributed by atoms with Crippen LogP contribution < -0.4 is 15.4 Å². The third-order valence-corrected chi connectivity index (χ3v) is 4.26. The molecule has 0 fully saturated rings. The first-order valence-corrected chi connectivity index (χ1v) is 8.25. The van der Waals surface area contributed by atoms with E-state index >= 15 is 0 Å². The number of nitrogens with one attached hydrogen (secondary N) is 2. The Morgan fingerprint density at radius 1 is 1.22 bits per heavy atom. The zero-order chi connectivity index (χ0) is 16.1. The Labute approximate surface area is 137 Å². The second-order valence-corrected chi connectivity index (χ2v) is 5.78. The van der Waals surface area contributed by atoms with Crippen LogP contribution in [0.5, 0.6) is 11.5 Å². The molecule has 0 aliphatic carbocycles. The molecule has 1 heterocycles. The SMILES string of the molecule is CCOc1cccc(CNC[C@@H]2NCCc3ccccc32)c1O. The third kappa shape index (κ3) is 3.66. The number of rotatable bonds is 6. The van der Waals surface area contributed by atoms with Gasteiger partial charge >= 0.3 is 0 Å². The van der Waals surface area contributed by atoms with E-state index in [1.165, 1.54) is 11.1 Å². The van der Waals surface area contributed by atoms with Gasteiger partial charge in [0.25, 0.3) is 0 Å². The molecule has 3 N–H and O–H groups in total. The van der Waals surface area contributed by atoms with Crippen LogP contribution >= 0.6 is 0 Å². The molecule has 1 aliphatic rings. The first kappa shape index (κ1) is 15.8. The van der Waals surface area contributed by atoms with Crippen molar-refractivity contribution in [2.75, 3.05) is 19.7 Å². The number of hydrogen-bond acceptors (Lipinski definition) is 4. The van der Waals surface area contributed by atoms with Gasteiger partial charge in [0.05, 0.1) is 6.61 Å². The van der Waals surface area contributed by atoms with E-state index in [4.69, 9.17) is 4.74 Å². The van der Waals surface area contributed by atoms with Crippen molar-refractivity contribution in [3.8, 4) is 11.5 Å². The van der Waals surface area contributed by atoms with Crippen LogP contribution in [0.2, 0.25) is 0 Å². The number of aromatic hydroxyl groups is 1. The topological polar surface area (TPSA) is 53.5 Å². The van der Waals surface area contributed by atoms with Crippen molar-refractivity contribution in [1.82, 2.24) is 10.6 Å². The molecule has 0 aromatic heterocycles. The zero-order valence-electron chi connectivity index (χ0n) is 13.5. The van der Waals surface area contributed by atoms with Gasteiger partial charge in [-0.3, -0.25) is 0 Å². The van der Waals surface area contributed by atoms with Gasteiger partial charge in [-0.15, -0.1) is 0 Å². The van der Waals surface area contributed by atoms with Crippen LogP contribution in [0.1, 0.15) is 29.7 Å². The Morgan fingerprint density at radius 3 is 2.96 bits per heavy atom. The highest BCUT2D eigenvalue weighted by molar-refractivity contribution is 5.45. The van der Waals surface area contributed by atoms with Crippen LogP contribution in [0.25, 0.3) is 0 Å². The summed E-state index contributed by atoms with van der Waals surface area (Å²) in [7, 11) is 0. The predicted octanol–water partition coefficient (Wildman–Crippen LogP) is 2.77. The molecule has 1 atom stereocenters. The molecule has 122 valence electrons. The lowest BCUT2D eigenvalue weighted by Crippen LogP contribution is -2.36. The number of phenols is 1. The quantitative estimate of drug-likeness (QED) is 0.768. The Hall–Kier alpha value is -2.04. The van der Waals surface area contributed by atoms with Crippen LogP contribution in [0.3, 0.4) is 0 Å². The molecule has 0 saturated heterocycles. The van der Waals surface area contributed by atoms with Crippen LogP contribution in [0.15, 0.2) is 42.5 Å². The molecular weight excluding hydrogens is 288 g/mol. The minimum Gasteiger partial charge on any atom is -0.504 e. The summed E-state index contributed by atoms with van der Waals surface area (Å²) >= 11 is 0. The van der Waals surface area contributed by atoms with Crippen molar-refractivity contribution < 1.29 is 9.84 Å². The number of para-hydroxylation sites is 1. The van der Waals surface area contributed by atoms with Gasteiger partial charge in [-0.05, 0) is 37.1 Å². The van der Waals surface area contributed by atoms with Gasteiger partial charge in [0.15, 0.2) is 11.5 Å². The first-order valence-electron chi connectivity index (χ1n) is 8.25. The maximum absolute atomic E-state index is 10.2. The van der Waals surface area contributed by atoms with Crippen LogP contribution in [-0.2, 0) is 13.0 Å². The highest BCUT2D eigenvalue weighted by atomic mass is 16.5. The summed E-state index contributed by atoms with van der Waals surface area (Å²) in [4.78, 5) is 0.